The highest BCUT2D eigenvalue weighted by Gasteiger charge is 2.39. The topological polar surface area (TPSA) is 66.8 Å². The van der Waals surface area contributed by atoms with Crippen molar-refractivity contribution in [1.82, 2.24) is 24.9 Å². The fourth-order valence-corrected chi connectivity index (χ4v) is 5.19. The Balaban J connectivity index is 1.35. The van der Waals surface area contributed by atoms with E-state index in [4.69, 9.17) is 5.10 Å². The van der Waals surface area contributed by atoms with E-state index in [-0.39, 0.29) is 18.0 Å². The molecule has 1 N–H and O–H groups in total. The molecule has 32 heavy (non-hydrogen) atoms. The van der Waals surface area contributed by atoms with Gasteiger partial charge in [-0.2, -0.15) is 10.2 Å². The van der Waals surface area contributed by atoms with Crippen molar-refractivity contribution < 1.29 is 4.79 Å². The zero-order chi connectivity index (χ0) is 21.7. The molecule has 0 spiro atoms. The van der Waals surface area contributed by atoms with Crippen molar-refractivity contribution in [1.29, 1.82) is 0 Å². The second kappa shape index (κ2) is 7.62. The van der Waals surface area contributed by atoms with E-state index in [1.54, 1.807) is 0 Å². The predicted molar refractivity (Wildman–Crippen MR) is 124 cm³/mol. The summed E-state index contributed by atoms with van der Waals surface area (Å²) >= 11 is 0. The van der Waals surface area contributed by atoms with Gasteiger partial charge in [-0.15, -0.1) is 0 Å². The fourth-order valence-electron chi connectivity index (χ4n) is 5.19. The summed E-state index contributed by atoms with van der Waals surface area (Å²) in [5.41, 5.74) is 5.44. The molecule has 2 aromatic carbocycles. The number of carbonyl (C=O) groups is 1. The first-order valence-corrected chi connectivity index (χ1v) is 11.6. The van der Waals surface area contributed by atoms with Crippen molar-refractivity contribution in [3.63, 3.8) is 0 Å². The van der Waals surface area contributed by atoms with Crippen molar-refractivity contribution in [3.8, 4) is 0 Å². The van der Waals surface area contributed by atoms with Crippen LogP contribution in [0.5, 0.6) is 0 Å². The lowest BCUT2D eigenvalue weighted by atomic mass is 9.91. The number of nitrogens with one attached hydrogen (secondary N) is 1. The molecule has 2 aliphatic rings. The minimum Gasteiger partial charge on any atom is -0.332 e. The van der Waals surface area contributed by atoms with Crippen LogP contribution in [0.15, 0.2) is 60.9 Å². The molecule has 1 fully saturated rings. The van der Waals surface area contributed by atoms with E-state index in [1.165, 1.54) is 16.8 Å². The van der Waals surface area contributed by atoms with Gasteiger partial charge in [0.1, 0.15) is 0 Å². The number of hydrogen-bond donors (Lipinski definition) is 1. The van der Waals surface area contributed by atoms with Gasteiger partial charge >= 0.3 is 0 Å². The molecule has 2 heterocycles. The first kappa shape index (κ1) is 19.3. The number of aromatic amines is 1. The second-order valence-electron chi connectivity index (χ2n) is 9.13. The Morgan fingerprint density at radius 1 is 1.06 bits per heavy atom. The van der Waals surface area contributed by atoms with Crippen molar-refractivity contribution in [3.05, 3.63) is 83.3 Å². The van der Waals surface area contributed by atoms with Crippen LogP contribution in [0.2, 0.25) is 0 Å². The van der Waals surface area contributed by atoms with E-state index in [9.17, 15) is 4.79 Å². The van der Waals surface area contributed by atoms with Gasteiger partial charge in [0, 0.05) is 23.2 Å². The molecular weight excluding hydrogens is 398 g/mol. The largest absolute Gasteiger partial charge is 0.332 e. The molecule has 4 aromatic rings. The van der Waals surface area contributed by atoms with Crippen molar-refractivity contribution in [2.45, 2.75) is 57.2 Å². The average Bonchev–Trinajstić information content (AvgIpc) is 3.38. The van der Waals surface area contributed by atoms with E-state index in [1.807, 2.05) is 35.3 Å². The molecule has 162 valence electrons. The smallest absolute Gasteiger partial charge is 0.255 e. The second-order valence-corrected chi connectivity index (χ2v) is 9.13. The highest BCUT2D eigenvalue weighted by Crippen LogP contribution is 2.36. The average molecular weight is 426 g/mol. The van der Waals surface area contributed by atoms with Gasteiger partial charge in [0.05, 0.1) is 29.5 Å². The molecule has 2 unspecified atom stereocenters. The summed E-state index contributed by atoms with van der Waals surface area (Å²) in [6.07, 6.45) is 8.80. The normalized spacial score (nSPS) is 19.0. The monoisotopic (exact) mass is 425 g/mol. The Bertz CT molecular complexity index is 1270. The minimum atomic E-state index is 0.0939. The molecule has 0 aliphatic heterocycles. The Kier molecular flexibility index (Phi) is 4.59. The van der Waals surface area contributed by atoms with Gasteiger partial charge in [-0.1, -0.05) is 36.4 Å². The van der Waals surface area contributed by atoms with Crippen LogP contribution in [-0.4, -0.2) is 42.9 Å². The first-order chi connectivity index (χ1) is 15.7. The van der Waals surface area contributed by atoms with Crippen LogP contribution >= 0.6 is 0 Å². The van der Waals surface area contributed by atoms with E-state index < -0.39 is 0 Å². The van der Waals surface area contributed by atoms with Crippen molar-refractivity contribution in [2.24, 2.45) is 0 Å². The number of nitrogens with zero attached hydrogens (tertiary/aromatic N) is 4. The molecule has 2 aliphatic carbocycles. The predicted octanol–water partition coefficient (Wildman–Crippen LogP) is 4.53. The van der Waals surface area contributed by atoms with E-state index >= 15 is 0 Å². The molecular formula is C26H27N5O. The molecule has 6 heteroatoms. The standard InChI is InChI=1S/C26H27N5O/c1-17(18-6-3-2-4-7-18)31-25-9-5-8-22(23(25)16-28-31)26(32)30(20-10-11-20)21-12-13-24-19(14-21)15-27-29-24/h2-9,15-17,20-21H,10-14H2,1H3,(H,27,29). The maximum absolute atomic E-state index is 13.9. The van der Waals surface area contributed by atoms with Crippen LogP contribution in [0.1, 0.15) is 59.4 Å². The molecule has 2 atom stereocenters. The molecule has 6 nitrogen and oxygen atoms in total. The number of aryl methyl sites for hydroxylation is 1. The first-order valence-electron chi connectivity index (χ1n) is 11.6. The van der Waals surface area contributed by atoms with Crippen molar-refractivity contribution >= 4 is 16.8 Å². The van der Waals surface area contributed by atoms with Gasteiger partial charge in [-0.05, 0) is 62.3 Å². The number of fused-ring (bicyclic) bond motifs is 2. The summed E-state index contributed by atoms with van der Waals surface area (Å²) in [5.74, 6) is 0.141. The number of aromatic nitrogens is 4. The number of H-pyrrole nitrogens is 1. The summed E-state index contributed by atoms with van der Waals surface area (Å²) in [4.78, 5) is 16.1. The summed E-state index contributed by atoms with van der Waals surface area (Å²) in [6.45, 7) is 2.15. The van der Waals surface area contributed by atoms with E-state index in [2.05, 4.69) is 52.4 Å². The van der Waals surface area contributed by atoms with Gasteiger partial charge in [-0.25, -0.2) is 0 Å². The number of benzene rings is 2. The molecule has 1 saturated carbocycles. The zero-order valence-corrected chi connectivity index (χ0v) is 18.2. The number of hydrogen-bond acceptors (Lipinski definition) is 3. The molecule has 0 bridgehead atoms. The summed E-state index contributed by atoms with van der Waals surface area (Å²) in [6, 6.07) is 17.1. The molecule has 6 rings (SSSR count). The summed E-state index contributed by atoms with van der Waals surface area (Å²) in [5, 5.41) is 13.0. The quantitative estimate of drug-likeness (QED) is 0.511. The lowest BCUT2D eigenvalue weighted by molar-refractivity contribution is 0.0645. The fraction of sp³-hybridized carbons (Fsp3) is 0.346. The lowest BCUT2D eigenvalue weighted by Crippen LogP contribution is -2.44. The number of carbonyl (C=O) groups excluding carboxylic acids is 1. The van der Waals surface area contributed by atoms with E-state index in [0.717, 1.165) is 48.6 Å². The van der Waals surface area contributed by atoms with Crippen LogP contribution < -0.4 is 0 Å². The lowest BCUT2D eigenvalue weighted by Gasteiger charge is -2.34. The zero-order valence-electron chi connectivity index (χ0n) is 18.2. The molecule has 1 amide bonds. The van der Waals surface area contributed by atoms with E-state index in [0.29, 0.717) is 6.04 Å². The van der Waals surface area contributed by atoms with Crippen LogP contribution in [0.25, 0.3) is 10.9 Å². The van der Waals surface area contributed by atoms with Crippen LogP contribution in [0.3, 0.4) is 0 Å². The van der Waals surface area contributed by atoms with Crippen molar-refractivity contribution in [2.75, 3.05) is 0 Å². The third kappa shape index (κ3) is 3.22. The number of amides is 1. The minimum absolute atomic E-state index is 0.0939. The molecule has 0 saturated heterocycles. The van der Waals surface area contributed by atoms with Gasteiger partial charge < -0.3 is 4.90 Å². The van der Waals surface area contributed by atoms with Crippen LogP contribution in [0, 0.1) is 0 Å². The molecule has 0 radical (unpaired) electrons. The Morgan fingerprint density at radius 3 is 2.72 bits per heavy atom. The highest BCUT2D eigenvalue weighted by molar-refractivity contribution is 6.06. The van der Waals surface area contributed by atoms with Crippen LogP contribution in [0.4, 0.5) is 0 Å². The van der Waals surface area contributed by atoms with Crippen LogP contribution in [-0.2, 0) is 12.8 Å². The number of rotatable bonds is 5. The van der Waals surface area contributed by atoms with Gasteiger partial charge in [0.15, 0.2) is 0 Å². The SMILES string of the molecule is CC(c1ccccc1)n1ncc2c(C(=O)N(C3CC3)C3CCc4[nH]ncc4C3)cccc21. The third-order valence-electron chi connectivity index (χ3n) is 7.08. The Morgan fingerprint density at radius 2 is 1.91 bits per heavy atom. The summed E-state index contributed by atoms with van der Waals surface area (Å²) < 4.78 is 2.03. The van der Waals surface area contributed by atoms with Gasteiger partial charge in [-0.3, -0.25) is 14.6 Å². The highest BCUT2D eigenvalue weighted by atomic mass is 16.2. The summed E-state index contributed by atoms with van der Waals surface area (Å²) in [7, 11) is 0. The Labute approximate surface area is 187 Å². The maximum Gasteiger partial charge on any atom is 0.255 e. The maximum atomic E-state index is 13.9. The third-order valence-corrected chi connectivity index (χ3v) is 7.08. The molecule has 2 aromatic heterocycles. The van der Waals surface area contributed by atoms with Gasteiger partial charge in [0.2, 0.25) is 0 Å². The Hall–Kier alpha value is -3.41. The van der Waals surface area contributed by atoms with Gasteiger partial charge in [0.25, 0.3) is 5.91 Å².